The van der Waals surface area contributed by atoms with E-state index in [4.69, 9.17) is 4.52 Å². The lowest BCUT2D eigenvalue weighted by atomic mass is 9.97. The minimum atomic E-state index is -0.113. The van der Waals surface area contributed by atoms with Gasteiger partial charge < -0.3 is 9.84 Å². The number of hydrogen-bond acceptors (Lipinski definition) is 3. The Labute approximate surface area is 139 Å². The van der Waals surface area contributed by atoms with E-state index in [1.54, 1.807) is 6.07 Å². The van der Waals surface area contributed by atoms with Crippen LogP contribution in [0.5, 0.6) is 0 Å². The number of nitrogens with zero attached hydrogens (tertiary/aromatic N) is 1. The van der Waals surface area contributed by atoms with Gasteiger partial charge in [0.15, 0.2) is 5.69 Å². The number of allylic oxidation sites excluding steroid dienone is 1. The fourth-order valence-corrected chi connectivity index (χ4v) is 2.63. The van der Waals surface area contributed by atoms with Gasteiger partial charge in [-0.25, -0.2) is 0 Å². The van der Waals surface area contributed by atoms with Crippen LogP contribution in [0.4, 0.5) is 0 Å². The lowest BCUT2D eigenvalue weighted by molar-refractivity contribution is 0.0922. The van der Waals surface area contributed by atoms with E-state index < -0.39 is 0 Å². The zero-order chi connectivity index (χ0) is 16.7. The molecule has 1 fully saturated rings. The van der Waals surface area contributed by atoms with Crippen LogP contribution in [0, 0.1) is 5.92 Å². The number of amides is 1. The van der Waals surface area contributed by atoms with E-state index in [9.17, 15) is 4.79 Å². The van der Waals surface area contributed by atoms with Crippen molar-refractivity contribution in [1.82, 2.24) is 10.5 Å². The van der Waals surface area contributed by atoms with Gasteiger partial charge in [-0.1, -0.05) is 50.9 Å². The number of carbonyl (C=O) groups excluding carboxylic acids is 1. The first-order chi connectivity index (χ1) is 11.1. The van der Waals surface area contributed by atoms with Gasteiger partial charge in [-0.3, -0.25) is 4.79 Å². The average molecular weight is 318 g/mol. The Hall–Kier alpha value is -1.58. The second-order valence-electron chi connectivity index (χ2n) is 6.80. The molecule has 4 heteroatoms. The maximum Gasteiger partial charge on any atom is 0.273 e. The van der Waals surface area contributed by atoms with E-state index in [-0.39, 0.29) is 11.9 Å². The zero-order valence-electron chi connectivity index (χ0n) is 14.7. The molecule has 1 unspecified atom stereocenters. The first kappa shape index (κ1) is 17.8. The third-order valence-electron chi connectivity index (χ3n) is 4.50. The third-order valence-corrected chi connectivity index (χ3v) is 4.50. The first-order valence-electron chi connectivity index (χ1n) is 9.06. The van der Waals surface area contributed by atoms with Crippen LogP contribution in [0.15, 0.2) is 22.7 Å². The fourth-order valence-electron chi connectivity index (χ4n) is 2.63. The molecule has 2 rings (SSSR count). The smallest absolute Gasteiger partial charge is 0.273 e. The summed E-state index contributed by atoms with van der Waals surface area (Å²) in [5, 5.41) is 7.07. The molecule has 0 bridgehead atoms. The standard InChI is InChI=1S/C19H30N2O2/c1-4-6-7-8-9-16(12-14(3)5-2)20-19(22)17-13-18(23-21-17)15-10-11-15/h7-8,13-16H,4-6,9-12H2,1-3H3,(H,20,22)/b8-7-/t14-,16?/m1/s1. The van der Waals surface area contributed by atoms with E-state index in [2.05, 4.69) is 43.4 Å². The van der Waals surface area contributed by atoms with Gasteiger partial charge in [-0.15, -0.1) is 0 Å². The van der Waals surface area contributed by atoms with Crippen molar-refractivity contribution < 1.29 is 9.32 Å². The maximum atomic E-state index is 12.4. The predicted molar refractivity (Wildman–Crippen MR) is 92.5 cm³/mol. The molecule has 1 heterocycles. The SMILES string of the molecule is CCC/C=C\CC(C[C@H](C)CC)NC(=O)c1cc(C2CC2)on1. The van der Waals surface area contributed by atoms with Crippen molar-refractivity contribution in [3.63, 3.8) is 0 Å². The topological polar surface area (TPSA) is 55.1 Å². The van der Waals surface area contributed by atoms with Crippen molar-refractivity contribution in [2.24, 2.45) is 5.92 Å². The van der Waals surface area contributed by atoms with Crippen molar-refractivity contribution in [3.8, 4) is 0 Å². The number of nitrogens with one attached hydrogen (secondary N) is 1. The number of rotatable bonds is 10. The molecule has 4 nitrogen and oxygen atoms in total. The molecule has 0 spiro atoms. The largest absolute Gasteiger partial charge is 0.360 e. The predicted octanol–water partition coefficient (Wildman–Crippen LogP) is 4.83. The van der Waals surface area contributed by atoms with Crippen LogP contribution in [0.3, 0.4) is 0 Å². The van der Waals surface area contributed by atoms with Gasteiger partial charge >= 0.3 is 0 Å². The Balaban J connectivity index is 1.91. The van der Waals surface area contributed by atoms with Gasteiger partial charge in [0.1, 0.15) is 5.76 Å². The summed E-state index contributed by atoms with van der Waals surface area (Å²) < 4.78 is 5.28. The second-order valence-corrected chi connectivity index (χ2v) is 6.80. The van der Waals surface area contributed by atoms with E-state index in [1.807, 2.05) is 0 Å². The summed E-state index contributed by atoms with van der Waals surface area (Å²) in [5.41, 5.74) is 0.415. The lowest BCUT2D eigenvalue weighted by Gasteiger charge is -2.20. The molecule has 1 aromatic rings. The molecular weight excluding hydrogens is 288 g/mol. The van der Waals surface area contributed by atoms with Gasteiger partial charge in [0, 0.05) is 18.0 Å². The highest BCUT2D eigenvalue weighted by Crippen LogP contribution is 2.40. The Morgan fingerprint density at radius 1 is 1.43 bits per heavy atom. The highest BCUT2D eigenvalue weighted by atomic mass is 16.5. The molecule has 1 aromatic heterocycles. The molecule has 2 atom stereocenters. The van der Waals surface area contributed by atoms with Crippen LogP contribution < -0.4 is 5.32 Å². The van der Waals surface area contributed by atoms with Gasteiger partial charge in [0.05, 0.1) is 0 Å². The molecule has 128 valence electrons. The molecule has 1 amide bonds. The summed E-state index contributed by atoms with van der Waals surface area (Å²) in [6.45, 7) is 6.59. The highest BCUT2D eigenvalue weighted by Gasteiger charge is 2.29. The Bertz CT molecular complexity index is 517. The van der Waals surface area contributed by atoms with Crippen molar-refractivity contribution in [2.75, 3.05) is 0 Å². The monoisotopic (exact) mass is 318 g/mol. The number of hydrogen-bond donors (Lipinski definition) is 1. The Kier molecular flexibility index (Phi) is 6.87. The van der Waals surface area contributed by atoms with E-state index in [1.165, 1.54) is 0 Å². The van der Waals surface area contributed by atoms with Crippen LogP contribution in [-0.4, -0.2) is 17.1 Å². The Morgan fingerprint density at radius 2 is 2.22 bits per heavy atom. The van der Waals surface area contributed by atoms with Gasteiger partial charge in [0.25, 0.3) is 5.91 Å². The zero-order valence-corrected chi connectivity index (χ0v) is 14.7. The van der Waals surface area contributed by atoms with Crippen LogP contribution >= 0.6 is 0 Å². The molecular formula is C19H30N2O2. The quantitative estimate of drug-likeness (QED) is 0.628. The van der Waals surface area contributed by atoms with Crippen LogP contribution in [0.2, 0.25) is 0 Å². The molecule has 1 N–H and O–H groups in total. The van der Waals surface area contributed by atoms with E-state index >= 15 is 0 Å². The minimum Gasteiger partial charge on any atom is -0.360 e. The van der Waals surface area contributed by atoms with Gasteiger partial charge in [-0.2, -0.15) is 0 Å². The summed E-state index contributed by atoms with van der Waals surface area (Å²) in [6, 6.07) is 1.96. The van der Waals surface area contributed by atoms with Crippen molar-refractivity contribution >= 4 is 5.91 Å². The molecule has 0 aromatic carbocycles. The highest BCUT2D eigenvalue weighted by molar-refractivity contribution is 5.92. The molecule has 1 saturated carbocycles. The molecule has 0 aliphatic heterocycles. The van der Waals surface area contributed by atoms with Crippen LogP contribution in [0.1, 0.15) is 87.9 Å². The molecule has 1 aliphatic rings. The summed E-state index contributed by atoms with van der Waals surface area (Å²) >= 11 is 0. The number of unbranched alkanes of at least 4 members (excludes halogenated alkanes) is 1. The normalized spacial score (nSPS) is 17.3. The fraction of sp³-hybridized carbons (Fsp3) is 0.684. The number of aromatic nitrogens is 1. The van der Waals surface area contributed by atoms with Crippen LogP contribution in [-0.2, 0) is 0 Å². The van der Waals surface area contributed by atoms with Crippen LogP contribution in [0.25, 0.3) is 0 Å². The van der Waals surface area contributed by atoms with Gasteiger partial charge in [0.2, 0.25) is 0 Å². The minimum absolute atomic E-state index is 0.113. The third kappa shape index (κ3) is 5.85. The molecule has 0 radical (unpaired) electrons. The van der Waals surface area contributed by atoms with Crippen molar-refractivity contribution in [2.45, 2.75) is 77.7 Å². The Morgan fingerprint density at radius 3 is 2.87 bits per heavy atom. The summed E-state index contributed by atoms with van der Waals surface area (Å²) in [4.78, 5) is 12.4. The maximum absolute atomic E-state index is 12.4. The molecule has 23 heavy (non-hydrogen) atoms. The summed E-state index contributed by atoms with van der Waals surface area (Å²) in [6.07, 6.45) is 11.9. The number of carbonyl (C=O) groups is 1. The van der Waals surface area contributed by atoms with E-state index in [0.29, 0.717) is 17.5 Å². The van der Waals surface area contributed by atoms with Gasteiger partial charge in [-0.05, 0) is 38.0 Å². The first-order valence-corrected chi connectivity index (χ1v) is 9.06. The summed E-state index contributed by atoms with van der Waals surface area (Å²) in [7, 11) is 0. The molecule has 0 saturated heterocycles. The molecule has 1 aliphatic carbocycles. The van der Waals surface area contributed by atoms with Crippen molar-refractivity contribution in [1.29, 1.82) is 0 Å². The average Bonchev–Trinajstić information content (AvgIpc) is 3.28. The second kappa shape index (κ2) is 8.90. The lowest BCUT2D eigenvalue weighted by Crippen LogP contribution is -2.36. The van der Waals surface area contributed by atoms with Crippen molar-refractivity contribution in [3.05, 3.63) is 29.7 Å². The summed E-state index contributed by atoms with van der Waals surface area (Å²) in [5.74, 6) is 1.82. The van der Waals surface area contributed by atoms with E-state index in [0.717, 1.165) is 50.7 Å².